The van der Waals surface area contributed by atoms with Gasteiger partial charge in [0.05, 0.1) is 11.0 Å². The van der Waals surface area contributed by atoms with E-state index in [1.165, 1.54) is 12.1 Å². The topological polar surface area (TPSA) is 87.2 Å². The molecule has 0 spiro atoms. The molecular formula is C20H21FN4O3. The van der Waals surface area contributed by atoms with Crippen molar-refractivity contribution in [2.45, 2.75) is 20.4 Å². The number of H-pyrrole nitrogens is 1. The van der Waals surface area contributed by atoms with Gasteiger partial charge in [-0.15, -0.1) is 0 Å². The first-order chi connectivity index (χ1) is 13.4. The molecule has 0 atom stereocenters. The summed E-state index contributed by atoms with van der Waals surface area (Å²) in [4.78, 5) is 40.9. The molecule has 0 unspecified atom stereocenters. The van der Waals surface area contributed by atoms with Gasteiger partial charge in [0.2, 0.25) is 5.91 Å². The number of halogens is 1. The minimum absolute atomic E-state index is 0.154. The summed E-state index contributed by atoms with van der Waals surface area (Å²) in [5, 5.41) is 2.71. The van der Waals surface area contributed by atoms with Gasteiger partial charge in [-0.25, -0.2) is 4.39 Å². The van der Waals surface area contributed by atoms with E-state index in [9.17, 15) is 18.8 Å². The maximum Gasteiger partial charge on any atom is 0.317 e. The Morgan fingerprint density at radius 3 is 2.43 bits per heavy atom. The zero-order valence-electron chi connectivity index (χ0n) is 15.7. The Labute approximate surface area is 160 Å². The van der Waals surface area contributed by atoms with E-state index in [0.29, 0.717) is 5.69 Å². The van der Waals surface area contributed by atoms with E-state index in [1.54, 1.807) is 12.1 Å². The maximum absolute atomic E-state index is 13.4. The number of anilines is 2. The van der Waals surface area contributed by atoms with E-state index in [1.807, 2.05) is 12.1 Å². The summed E-state index contributed by atoms with van der Waals surface area (Å²) in [7, 11) is 0. The molecule has 0 saturated heterocycles. The molecule has 0 bridgehead atoms. The molecule has 8 heteroatoms. The van der Waals surface area contributed by atoms with E-state index in [0.717, 1.165) is 29.4 Å². The average Bonchev–Trinajstić information content (AvgIpc) is 2.67. The highest BCUT2D eigenvalue weighted by Crippen LogP contribution is 2.18. The zero-order valence-corrected chi connectivity index (χ0v) is 15.7. The molecule has 2 N–H and O–H groups in total. The third-order valence-corrected chi connectivity index (χ3v) is 4.52. The Bertz CT molecular complexity index is 1110. The quantitative estimate of drug-likeness (QED) is 0.639. The lowest BCUT2D eigenvalue weighted by Gasteiger charge is -2.21. The summed E-state index contributed by atoms with van der Waals surface area (Å²) in [5.41, 5.74) is 0.274. The molecule has 1 heterocycles. The number of carbonyl (C=O) groups excluding carboxylic acids is 1. The molecule has 0 aliphatic carbocycles. The smallest absolute Gasteiger partial charge is 0.317 e. The highest BCUT2D eigenvalue weighted by Gasteiger charge is 2.12. The number of aromatic amines is 1. The number of carbonyl (C=O) groups is 1. The second-order valence-electron chi connectivity index (χ2n) is 6.27. The number of hydrogen-bond donors (Lipinski definition) is 2. The van der Waals surface area contributed by atoms with Crippen LogP contribution in [0.1, 0.15) is 13.8 Å². The van der Waals surface area contributed by atoms with Crippen LogP contribution in [0.4, 0.5) is 15.8 Å². The molecule has 28 heavy (non-hydrogen) atoms. The summed E-state index contributed by atoms with van der Waals surface area (Å²) >= 11 is 0. The molecule has 146 valence electrons. The fourth-order valence-corrected chi connectivity index (χ4v) is 3.10. The van der Waals surface area contributed by atoms with Crippen molar-refractivity contribution in [2.75, 3.05) is 23.3 Å². The van der Waals surface area contributed by atoms with Gasteiger partial charge in [0, 0.05) is 24.5 Å². The third-order valence-electron chi connectivity index (χ3n) is 4.52. The van der Waals surface area contributed by atoms with E-state index < -0.39 is 22.8 Å². The Balaban J connectivity index is 1.83. The molecule has 1 amide bonds. The molecule has 0 aliphatic heterocycles. The number of nitrogens with zero attached hydrogens (tertiary/aromatic N) is 2. The first kappa shape index (κ1) is 19.3. The Hall–Kier alpha value is -3.42. The predicted molar refractivity (Wildman–Crippen MR) is 107 cm³/mol. The van der Waals surface area contributed by atoms with Crippen molar-refractivity contribution in [1.29, 1.82) is 0 Å². The van der Waals surface area contributed by atoms with Gasteiger partial charge in [-0.1, -0.05) is 0 Å². The van der Waals surface area contributed by atoms with E-state index >= 15 is 0 Å². The number of hydrogen-bond acceptors (Lipinski definition) is 4. The minimum Gasteiger partial charge on any atom is -0.372 e. The van der Waals surface area contributed by atoms with Crippen LogP contribution in [0.15, 0.2) is 52.1 Å². The number of nitrogens with one attached hydrogen (secondary N) is 2. The molecular weight excluding hydrogens is 363 g/mol. The number of benzene rings is 2. The maximum atomic E-state index is 13.4. The van der Waals surface area contributed by atoms with Crippen LogP contribution in [0.5, 0.6) is 0 Å². The Morgan fingerprint density at radius 1 is 1.11 bits per heavy atom. The molecule has 3 aromatic rings. The zero-order chi connectivity index (χ0) is 20.3. The standard InChI is InChI=1S/C20H21FN4O3/c1-3-24(4-2)15-8-6-14(7-9-15)22-18(26)12-25-17-10-5-13(21)11-16(17)23-19(27)20(25)28/h5-11H,3-4,12H2,1-2H3,(H,22,26)(H,23,27). The van der Waals surface area contributed by atoms with E-state index in [4.69, 9.17) is 0 Å². The molecule has 0 radical (unpaired) electrons. The summed E-state index contributed by atoms with van der Waals surface area (Å²) in [6.07, 6.45) is 0. The Morgan fingerprint density at radius 2 is 1.79 bits per heavy atom. The summed E-state index contributed by atoms with van der Waals surface area (Å²) in [5.74, 6) is -1.01. The van der Waals surface area contributed by atoms with Crippen LogP contribution >= 0.6 is 0 Å². The van der Waals surface area contributed by atoms with Gasteiger partial charge in [-0.05, 0) is 56.3 Å². The van der Waals surface area contributed by atoms with Crippen LogP contribution in [-0.4, -0.2) is 28.5 Å². The van der Waals surface area contributed by atoms with Crippen LogP contribution in [0.2, 0.25) is 0 Å². The monoisotopic (exact) mass is 384 g/mol. The first-order valence-electron chi connectivity index (χ1n) is 9.00. The number of rotatable bonds is 6. The van der Waals surface area contributed by atoms with Gasteiger partial charge < -0.3 is 15.2 Å². The second kappa shape index (κ2) is 8.08. The summed E-state index contributed by atoms with van der Waals surface area (Å²) in [6, 6.07) is 11.0. The van der Waals surface area contributed by atoms with Crippen LogP contribution in [-0.2, 0) is 11.3 Å². The van der Waals surface area contributed by atoms with Crippen molar-refractivity contribution in [1.82, 2.24) is 9.55 Å². The predicted octanol–water partition coefficient (Wildman–Crippen LogP) is 2.31. The van der Waals surface area contributed by atoms with Gasteiger partial charge in [0.15, 0.2) is 0 Å². The lowest BCUT2D eigenvalue weighted by Crippen LogP contribution is -2.38. The summed E-state index contributed by atoms with van der Waals surface area (Å²) in [6.45, 7) is 5.52. The number of amides is 1. The number of fused-ring (bicyclic) bond motifs is 1. The second-order valence-corrected chi connectivity index (χ2v) is 6.27. The van der Waals surface area contributed by atoms with Crippen molar-refractivity contribution >= 4 is 28.3 Å². The van der Waals surface area contributed by atoms with E-state index in [-0.39, 0.29) is 17.6 Å². The third kappa shape index (κ3) is 3.95. The van der Waals surface area contributed by atoms with Crippen molar-refractivity contribution in [3.63, 3.8) is 0 Å². The van der Waals surface area contributed by atoms with Gasteiger partial charge in [0.25, 0.3) is 0 Å². The fraction of sp³-hybridized carbons (Fsp3) is 0.250. The highest BCUT2D eigenvalue weighted by molar-refractivity contribution is 5.91. The van der Waals surface area contributed by atoms with Crippen LogP contribution in [0.3, 0.4) is 0 Å². The van der Waals surface area contributed by atoms with Gasteiger partial charge in [0.1, 0.15) is 12.4 Å². The molecule has 2 aromatic carbocycles. The van der Waals surface area contributed by atoms with Gasteiger partial charge in [-0.3, -0.25) is 19.0 Å². The highest BCUT2D eigenvalue weighted by atomic mass is 19.1. The average molecular weight is 384 g/mol. The van der Waals surface area contributed by atoms with Crippen molar-refractivity contribution in [3.8, 4) is 0 Å². The Kier molecular flexibility index (Phi) is 5.58. The van der Waals surface area contributed by atoms with Crippen molar-refractivity contribution in [2.24, 2.45) is 0 Å². The van der Waals surface area contributed by atoms with Crippen molar-refractivity contribution < 1.29 is 9.18 Å². The van der Waals surface area contributed by atoms with Crippen LogP contribution in [0, 0.1) is 5.82 Å². The summed E-state index contributed by atoms with van der Waals surface area (Å²) < 4.78 is 14.4. The van der Waals surface area contributed by atoms with Crippen molar-refractivity contribution in [3.05, 3.63) is 69.0 Å². The molecule has 0 saturated carbocycles. The van der Waals surface area contributed by atoms with Gasteiger partial charge >= 0.3 is 11.1 Å². The SMILES string of the molecule is CCN(CC)c1ccc(NC(=O)Cn2c(=O)c(=O)[nH]c3cc(F)ccc32)cc1. The molecule has 7 nitrogen and oxygen atoms in total. The van der Waals surface area contributed by atoms with Crippen LogP contribution < -0.4 is 21.3 Å². The lowest BCUT2D eigenvalue weighted by atomic mass is 10.2. The molecule has 0 aliphatic rings. The minimum atomic E-state index is -0.908. The first-order valence-corrected chi connectivity index (χ1v) is 9.00. The van der Waals surface area contributed by atoms with E-state index in [2.05, 4.69) is 29.0 Å². The number of aromatic nitrogens is 2. The van der Waals surface area contributed by atoms with Gasteiger partial charge in [-0.2, -0.15) is 0 Å². The van der Waals surface area contributed by atoms with Crippen LogP contribution in [0.25, 0.3) is 11.0 Å². The normalized spacial score (nSPS) is 10.8. The molecule has 3 rings (SSSR count). The lowest BCUT2D eigenvalue weighted by molar-refractivity contribution is -0.116. The molecule has 1 aromatic heterocycles. The fourth-order valence-electron chi connectivity index (χ4n) is 3.10. The largest absolute Gasteiger partial charge is 0.372 e. The molecule has 0 fully saturated rings.